The highest BCUT2D eigenvalue weighted by molar-refractivity contribution is 5.93. The Hall–Kier alpha value is -1.92. The normalized spacial score (nSPS) is 11.2. The predicted molar refractivity (Wildman–Crippen MR) is 49.4 cm³/mol. The number of ether oxygens (including phenoxy) is 1. The Bertz CT molecular complexity index is 403. The van der Waals surface area contributed by atoms with Crippen LogP contribution in [0.4, 0.5) is 18.9 Å². The first kappa shape index (κ1) is 12.2. The number of benzene rings is 1. The minimum absolute atomic E-state index is 0.125. The summed E-state index contributed by atoms with van der Waals surface area (Å²) in [6.07, 6.45) is -4.44. The minimum Gasteiger partial charge on any atom is -0.484 e. The van der Waals surface area contributed by atoms with Crippen LogP contribution in [0.15, 0.2) is 18.2 Å². The number of carboxylic acids is 1. The van der Waals surface area contributed by atoms with Crippen molar-refractivity contribution < 1.29 is 27.8 Å². The van der Waals surface area contributed by atoms with Crippen LogP contribution < -0.4 is 10.5 Å². The molecule has 0 saturated heterocycles. The summed E-state index contributed by atoms with van der Waals surface area (Å²) in [4.78, 5) is 10.5. The lowest BCUT2D eigenvalue weighted by molar-refractivity contribution is -0.153. The van der Waals surface area contributed by atoms with Gasteiger partial charge in [0, 0.05) is 11.8 Å². The van der Waals surface area contributed by atoms with Crippen molar-refractivity contribution in [2.24, 2.45) is 0 Å². The van der Waals surface area contributed by atoms with E-state index in [0.29, 0.717) is 0 Å². The zero-order valence-corrected chi connectivity index (χ0v) is 7.91. The molecule has 0 unspecified atom stereocenters. The molecule has 0 fully saturated rings. The summed E-state index contributed by atoms with van der Waals surface area (Å²) in [5, 5.41) is 8.61. The number of alkyl halides is 3. The zero-order chi connectivity index (χ0) is 12.3. The number of halogens is 3. The van der Waals surface area contributed by atoms with Crippen LogP contribution in [0.5, 0.6) is 5.75 Å². The molecule has 0 aromatic heterocycles. The van der Waals surface area contributed by atoms with Crippen LogP contribution in [0.25, 0.3) is 0 Å². The Balaban J connectivity index is 2.78. The fraction of sp³-hybridized carbons (Fsp3) is 0.222. The highest BCUT2D eigenvalue weighted by Gasteiger charge is 2.28. The van der Waals surface area contributed by atoms with Crippen LogP contribution >= 0.6 is 0 Å². The van der Waals surface area contributed by atoms with E-state index in [1.807, 2.05) is 0 Å². The first-order valence-electron chi connectivity index (χ1n) is 4.12. The number of nitrogen functional groups attached to an aromatic ring is 1. The van der Waals surface area contributed by atoms with Gasteiger partial charge in [-0.05, 0) is 12.1 Å². The second-order valence-corrected chi connectivity index (χ2v) is 2.96. The summed E-state index contributed by atoms with van der Waals surface area (Å²) in [5.74, 6) is -1.38. The molecule has 0 aliphatic heterocycles. The molecule has 4 nitrogen and oxygen atoms in total. The highest BCUT2D eigenvalue weighted by Crippen LogP contribution is 2.22. The van der Waals surface area contributed by atoms with E-state index in [-0.39, 0.29) is 17.0 Å². The quantitative estimate of drug-likeness (QED) is 0.785. The fourth-order valence-corrected chi connectivity index (χ4v) is 0.991. The van der Waals surface area contributed by atoms with Gasteiger partial charge in [-0.15, -0.1) is 0 Å². The lowest BCUT2D eigenvalue weighted by atomic mass is 10.2. The van der Waals surface area contributed by atoms with Crippen molar-refractivity contribution in [1.29, 1.82) is 0 Å². The fourth-order valence-electron chi connectivity index (χ4n) is 0.991. The van der Waals surface area contributed by atoms with Gasteiger partial charge in [0.2, 0.25) is 0 Å². The Morgan fingerprint density at radius 3 is 2.50 bits per heavy atom. The second-order valence-electron chi connectivity index (χ2n) is 2.96. The first-order valence-corrected chi connectivity index (χ1v) is 4.12. The molecule has 7 heteroatoms. The highest BCUT2D eigenvalue weighted by atomic mass is 19.4. The number of aromatic carboxylic acids is 1. The lowest BCUT2D eigenvalue weighted by Gasteiger charge is -2.10. The zero-order valence-electron chi connectivity index (χ0n) is 7.91. The Labute approximate surface area is 88.4 Å². The molecule has 0 spiro atoms. The largest absolute Gasteiger partial charge is 0.484 e. The van der Waals surface area contributed by atoms with Crippen molar-refractivity contribution >= 4 is 11.7 Å². The molecular weight excluding hydrogens is 227 g/mol. The summed E-state index contributed by atoms with van der Waals surface area (Å²) in [6.45, 7) is -1.45. The molecule has 0 radical (unpaired) electrons. The molecule has 0 bridgehead atoms. The first-order chi connectivity index (χ1) is 7.29. The molecule has 3 N–H and O–H groups in total. The molecule has 0 atom stereocenters. The molecular formula is C9H8F3NO3. The summed E-state index contributed by atoms with van der Waals surface area (Å²) in [6, 6.07) is 3.24. The van der Waals surface area contributed by atoms with E-state index in [2.05, 4.69) is 4.74 Å². The van der Waals surface area contributed by atoms with Crippen LogP contribution in [0.2, 0.25) is 0 Å². The number of hydrogen-bond donors (Lipinski definition) is 2. The van der Waals surface area contributed by atoms with E-state index in [1.54, 1.807) is 0 Å². The monoisotopic (exact) mass is 235 g/mol. The van der Waals surface area contributed by atoms with Gasteiger partial charge in [0.05, 0.1) is 5.56 Å². The van der Waals surface area contributed by atoms with E-state index < -0.39 is 18.8 Å². The van der Waals surface area contributed by atoms with Crippen molar-refractivity contribution in [3.05, 3.63) is 23.8 Å². The average molecular weight is 235 g/mol. The van der Waals surface area contributed by atoms with Gasteiger partial charge in [-0.1, -0.05) is 0 Å². The number of anilines is 1. The van der Waals surface area contributed by atoms with E-state index in [4.69, 9.17) is 10.8 Å². The van der Waals surface area contributed by atoms with Gasteiger partial charge in [-0.25, -0.2) is 4.79 Å². The van der Waals surface area contributed by atoms with Gasteiger partial charge in [0.15, 0.2) is 6.61 Å². The molecule has 0 aliphatic carbocycles. The Morgan fingerprint density at radius 1 is 1.44 bits per heavy atom. The third-order valence-electron chi connectivity index (χ3n) is 1.66. The van der Waals surface area contributed by atoms with E-state index in [1.165, 1.54) is 0 Å². The molecule has 16 heavy (non-hydrogen) atoms. The van der Waals surface area contributed by atoms with Crippen LogP contribution in [0.3, 0.4) is 0 Å². The van der Waals surface area contributed by atoms with Gasteiger partial charge >= 0.3 is 12.1 Å². The van der Waals surface area contributed by atoms with Gasteiger partial charge in [-0.3, -0.25) is 0 Å². The average Bonchev–Trinajstić information content (AvgIpc) is 2.13. The number of rotatable bonds is 3. The lowest BCUT2D eigenvalue weighted by Crippen LogP contribution is -2.19. The number of nitrogens with two attached hydrogens (primary N) is 1. The number of carboxylic acid groups (broad SMARTS) is 1. The topological polar surface area (TPSA) is 72.5 Å². The summed E-state index contributed by atoms with van der Waals surface area (Å²) >= 11 is 0. The maximum Gasteiger partial charge on any atom is 0.422 e. The maximum atomic E-state index is 11.8. The molecule has 1 rings (SSSR count). The molecule has 0 amide bonds. The summed E-state index contributed by atoms with van der Waals surface area (Å²) in [7, 11) is 0. The molecule has 0 aliphatic rings. The Morgan fingerprint density at radius 2 is 2.06 bits per heavy atom. The van der Waals surface area contributed by atoms with Gasteiger partial charge in [0.1, 0.15) is 5.75 Å². The van der Waals surface area contributed by atoms with Crippen molar-refractivity contribution in [1.82, 2.24) is 0 Å². The van der Waals surface area contributed by atoms with E-state index >= 15 is 0 Å². The van der Waals surface area contributed by atoms with Crippen molar-refractivity contribution in [2.45, 2.75) is 6.18 Å². The third-order valence-corrected chi connectivity index (χ3v) is 1.66. The summed E-state index contributed by atoms with van der Waals surface area (Å²) < 4.78 is 39.8. The Kier molecular flexibility index (Phi) is 3.26. The predicted octanol–water partition coefficient (Wildman–Crippen LogP) is 1.91. The second kappa shape index (κ2) is 4.30. The van der Waals surface area contributed by atoms with E-state index in [0.717, 1.165) is 18.2 Å². The van der Waals surface area contributed by atoms with Crippen LogP contribution in [-0.2, 0) is 0 Å². The van der Waals surface area contributed by atoms with Crippen molar-refractivity contribution in [2.75, 3.05) is 12.3 Å². The molecule has 0 heterocycles. The van der Waals surface area contributed by atoms with Crippen LogP contribution in [-0.4, -0.2) is 23.9 Å². The summed E-state index contributed by atoms with van der Waals surface area (Å²) in [5.41, 5.74) is 4.99. The maximum absolute atomic E-state index is 11.8. The molecule has 88 valence electrons. The van der Waals surface area contributed by atoms with Crippen molar-refractivity contribution in [3.8, 4) is 5.75 Å². The molecule has 1 aromatic rings. The van der Waals surface area contributed by atoms with Gasteiger partial charge in [0.25, 0.3) is 0 Å². The number of carbonyl (C=O) groups is 1. The third kappa shape index (κ3) is 3.34. The molecule has 1 aromatic carbocycles. The van der Waals surface area contributed by atoms with Gasteiger partial charge in [-0.2, -0.15) is 13.2 Å². The van der Waals surface area contributed by atoms with Crippen LogP contribution in [0, 0.1) is 0 Å². The van der Waals surface area contributed by atoms with Crippen molar-refractivity contribution in [3.63, 3.8) is 0 Å². The number of hydrogen-bond acceptors (Lipinski definition) is 3. The van der Waals surface area contributed by atoms with E-state index in [9.17, 15) is 18.0 Å². The standard InChI is InChI=1S/C9H8F3NO3/c10-9(11,12)4-16-5-1-2-6(8(14)15)7(13)3-5/h1-3H,4,13H2,(H,14,15). The smallest absolute Gasteiger partial charge is 0.422 e. The SMILES string of the molecule is Nc1cc(OCC(F)(F)F)ccc1C(=O)O. The molecule has 0 saturated carbocycles. The van der Waals surface area contributed by atoms with Gasteiger partial charge < -0.3 is 15.6 Å². The minimum atomic E-state index is -4.44. The van der Waals surface area contributed by atoms with Crippen LogP contribution in [0.1, 0.15) is 10.4 Å².